The van der Waals surface area contributed by atoms with Crippen LogP contribution in [0.4, 0.5) is 0 Å². The smallest absolute Gasteiger partial charge is 0.310 e. The van der Waals surface area contributed by atoms with Crippen molar-refractivity contribution in [3.8, 4) is 0 Å². The minimum absolute atomic E-state index is 0. The van der Waals surface area contributed by atoms with Crippen LogP contribution in [0.2, 0.25) is 0 Å². The molecule has 0 rings (SSSR count). The van der Waals surface area contributed by atoms with Crippen molar-refractivity contribution < 1.29 is 14.7 Å². The van der Waals surface area contributed by atoms with E-state index in [0.29, 0.717) is 6.42 Å². The van der Waals surface area contributed by atoms with Gasteiger partial charge in [0.05, 0.1) is 0 Å². The maximum absolute atomic E-state index is 10.7. The fraction of sp³-hybridized carbons (Fsp3) is 0.778. The summed E-state index contributed by atoms with van der Waals surface area (Å²) in [6.07, 6.45) is 2.98. The highest BCUT2D eigenvalue weighted by Gasteiger charge is 2.05. The average Bonchev–Trinajstić information content (AvgIpc) is 1.86. The van der Waals surface area contributed by atoms with Gasteiger partial charge < -0.3 is 5.11 Å². The Bertz CT molecular complexity index is 141. The number of carboxylic acid groups (broad SMARTS) is 1. The average molecular weight is 174 g/mol. The number of carbonyl (C=O) groups is 2. The molecule has 0 aromatic rings. The van der Waals surface area contributed by atoms with E-state index in [-0.39, 0.29) is 19.6 Å². The Hall–Kier alpha value is -0.860. The second kappa shape index (κ2) is 8.24. The van der Waals surface area contributed by atoms with E-state index in [1.807, 2.05) is 6.92 Å². The van der Waals surface area contributed by atoms with Crippen molar-refractivity contribution in [3.05, 3.63) is 0 Å². The summed E-state index contributed by atoms with van der Waals surface area (Å²) >= 11 is 0. The van der Waals surface area contributed by atoms with Crippen molar-refractivity contribution in [2.24, 2.45) is 0 Å². The summed E-state index contributed by atoms with van der Waals surface area (Å²) in [5.41, 5.74) is 0. The zero-order valence-electron chi connectivity index (χ0n) is 6.80. The third kappa shape index (κ3) is 9.14. The van der Waals surface area contributed by atoms with Crippen LogP contribution in [0.15, 0.2) is 0 Å². The molecule has 0 saturated heterocycles. The molecule has 0 unspecified atom stereocenters. The normalized spacial score (nSPS) is 8.75. The Labute approximate surface area is 73.8 Å². The van der Waals surface area contributed by atoms with E-state index >= 15 is 0 Å². The van der Waals surface area contributed by atoms with Crippen molar-refractivity contribution in [3.63, 3.8) is 0 Å². The van der Waals surface area contributed by atoms with Crippen LogP contribution in [-0.4, -0.2) is 16.9 Å². The zero-order chi connectivity index (χ0) is 8.69. The predicted molar refractivity (Wildman–Crippen MR) is 48.1 cm³/mol. The SMILES string of the molecule is C.CCCCCC(=O)CC(=O)O. The first-order chi connectivity index (χ1) is 5.16. The quantitative estimate of drug-likeness (QED) is 0.496. The summed E-state index contributed by atoms with van der Waals surface area (Å²) < 4.78 is 0. The number of unbranched alkanes of at least 4 members (excludes halogenated alkanes) is 2. The Kier molecular flexibility index (Phi) is 9.41. The molecule has 0 aliphatic heterocycles. The van der Waals surface area contributed by atoms with Gasteiger partial charge in [-0.1, -0.05) is 27.2 Å². The Morgan fingerprint density at radius 2 is 1.83 bits per heavy atom. The van der Waals surface area contributed by atoms with Crippen LogP contribution >= 0.6 is 0 Å². The van der Waals surface area contributed by atoms with Crippen LogP contribution in [0.1, 0.15) is 46.5 Å². The fourth-order valence-electron chi connectivity index (χ4n) is 0.829. The van der Waals surface area contributed by atoms with E-state index in [1.54, 1.807) is 0 Å². The Morgan fingerprint density at radius 3 is 2.25 bits per heavy atom. The lowest BCUT2D eigenvalue weighted by Crippen LogP contribution is -2.05. The molecule has 0 amide bonds. The molecular weight excluding hydrogens is 156 g/mol. The van der Waals surface area contributed by atoms with Gasteiger partial charge in [0.1, 0.15) is 12.2 Å². The summed E-state index contributed by atoms with van der Waals surface area (Å²) in [5.74, 6) is -1.18. The van der Waals surface area contributed by atoms with Crippen molar-refractivity contribution >= 4 is 11.8 Å². The van der Waals surface area contributed by atoms with E-state index in [1.165, 1.54) is 0 Å². The number of hydrogen-bond acceptors (Lipinski definition) is 2. The lowest BCUT2D eigenvalue weighted by atomic mass is 10.1. The lowest BCUT2D eigenvalue weighted by Gasteiger charge is -1.95. The van der Waals surface area contributed by atoms with Crippen LogP contribution in [-0.2, 0) is 9.59 Å². The highest BCUT2D eigenvalue weighted by atomic mass is 16.4. The van der Waals surface area contributed by atoms with Crippen LogP contribution in [0, 0.1) is 0 Å². The number of rotatable bonds is 6. The van der Waals surface area contributed by atoms with Gasteiger partial charge in [-0.2, -0.15) is 0 Å². The number of carbonyl (C=O) groups excluding carboxylic acids is 1. The molecule has 0 saturated carbocycles. The highest BCUT2D eigenvalue weighted by molar-refractivity contribution is 5.94. The van der Waals surface area contributed by atoms with Crippen molar-refractivity contribution in [1.82, 2.24) is 0 Å². The fourth-order valence-corrected chi connectivity index (χ4v) is 0.829. The molecule has 0 aliphatic rings. The molecule has 0 aromatic heterocycles. The first-order valence-corrected chi connectivity index (χ1v) is 3.90. The largest absolute Gasteiger partial charge is 0.481 e. The molecule has 0 spiro atoms. The maximum Gasteiger partial charge on any atom is 0.310 e. The van der Waals surface area contributed by atoms with Crippen LogP contribution < -0.4 is 0 Å². The number of aliphatic carboxylic acids is 1. The molecule has 1 N–H and O–H groups in total. The van der Waals surface area contributed by atoms with Crippen LogP contribution in [0.25, 0.3) is 0 Å². The summed E-state index contributed by atoms with van der Waals surface area (Å²) in [4.78, 5) is 20.8. The van der Waals surface area contributed by atoms with Gasteiger partial charge in [-0.25, -0.2) is 0 Å². The van der Waals surface area contributed by atoms with Gasteiger partial charge in [-0.05, 0) is 6.42 Å². The molecule has 0 radical (unpaired) electrons. The first-order valence-electron chi connectivity index (χ1n) is 3.90. The molecule has 0 fully saturated rings. The minimum atomic E-state index is -1.02. The van der Waals surface area contributed by atoms with Gasteiger partial charge in [0.2, 0.25) is 0 Å². The molecule has 12 heavy (non-hydrogen) atoms. The first kappa shape index (κ1) is 13.7. The molecule has 0 bridgehead atoms. The number of Topliss-reactive ketones (excluding diaryl/α,β-unsaturated/α-hetero) is 1. The lowest BCUT2D eigenvalue weighted by molar-refractivity contribution is -0.140. The van der Waals surface area contributed by atoms with E-state index in [9.17, 15) is 9.59 Å². The third-order valence-corrected chi connectivity index (χ3v) is 1.41. The number of ketones is 1. The van der Waals surface area contributed by atoms with Gasteiger partial charge in [-0.3, -0.25) is 9.59 Å². The van der Waals surface area contributed by atoms with Gasteiger partial charge in [0, 0.05) is 6.42 Å². The van der Waals surface area contributed by atoms with Crippen molar-refractivity contribution in [1.29, 1.82) is 0 Å². The second-order valence-electron chi connectivity index (χ2n) is 2.57. The topological polar surface area (TPSA) is 54.4 Å². The second-order valence-corrected chi connectivity index (χ2v) is 2.57. The monoisotopic (exact) mass is 174 g/mol. The molecule has 0 aromatic carbocycles. The summed E-state index contributed by atoms with van der Waals surface area (Å²) in [5, 5.41) is 8.22. The standard InChI is InChI=1S/C8H14O3.CH4/c1-2-3-4-5-7(9)6-8(10)11;/h2-6H2,1H3,(H,10,11);1H4. The Balaban J connectivity index is 0. The molecule has 3 heteroatoms. The van der Waals surface area contributed by atoms with Crippen LogP contribution in [0.3, 0.4) is 0 Å². The van der Waals surface area contributed by atoms with Crippen LogP contribution in [0.5, 0.6) is 0 Å². The zero-order valence-corrected chi connectivity index (χ0v) is 6.80. The van der Waals surface area contributed by atoms with Gasteiger partial charge in [0.25, 0.3) is 0 Å². The van der Waals surface area contributed by atoms with E-state index in [4.69, 9.17) is 5.11 Å². The Morgan fingerprint density at radius 1 is 1.25 bits per heavy atom. The molecular formula is C9H18O3. The van der Waals surface area contributed by atoms with E-state index < -0.39 is 5.97 Å². The van der Waals surface area contributed by atoms with Gasteiger partial charge >= 0.3 is 5.97 Å². The van der Waals surface area contributed by atoms with Gasteiger partial charge in [-0.15, -0.1) is 0 Å². The summed E-state index contributed by atoms with van der Waals surface area (Å²) in [6.45, 7) is 2.04. The number of hydrogen-bond donors (Lipinski definition) is 1. The molecule has 72 valence electrons. The molecule has 0 atom stereocenters. The summed E-state index contributed by atoms with van der Waals surface area (Å²) in [6, 6.07) is 0. The number of carboxylic acids is 1. The van der Waals surface area contributed by atoms with Crippen molar-refractivity contribution in [2.75, 3.05) is 0 Å². The molecule has 0 aliphatic carbocycles. The maximum atomic E-state index is 10.7. The minimum Gasteiger partial charge on any atom is -0.481 e. The van der Waals surface area contributed by atoms with Crippen molar-refractivity contribution in [2.45, 2.75) is 46.5 Å². The van der Waals surface area contributed by atoms with E-state index in [2.05, 4.69) is 0 Å². The summed E-state index contributed by atoms with van der Waals surface area (Å²) in [7, 11) is 0. The van der Waals surface area contributed by atoms with Gasteiger partial charge in [0.15, 0.2) is 0 Å². The molecule has 3 nitrogen and oxygen atoms in total. The highest BCUT2D eigenvalue weighted by Crippen LogP contribution is 2.01. The third-order valence-electron chi connectivity index (χ3n) is 1.41. The predicted octanol–water partition coefficient (Wildman–Crippen LogP) is 2.25. The molecule has 0 heterocycles. The van der Waals surface area contributed by atoms with E-state index in [0.717, 1.165) is 19.3 Å².